The molecule has 2 aliphatic heterocycles. The number of rotatable bonds is 6. The second kappa shape index (κ2) is 9.59. The third-order valence-corrected chi connectivity index (χ3v) is 8.09. The van der Waals surface area contributed by atoms with Gasteiger partial charge in [-0.1, -0.05) is 23.7 Å². The zero-order valence-corrected chi connectivity index (χ0v) is 19.0. The van der Waals surface area contributed by atoms with E-state index in [1.54, 1.807) is 24.3 Å². The van der Waals surface area contributed by atoms with Crippen LogP contribution in [0, 0.1) is 5.92 Å². The van der Waals surface area contributed by atoms with Crippen LogP contribution in [-0.2, 0) is 20.6 Å². The number of halogens is 1. The molecule has 1 N–H and O–H groups in total. The lowest BCUT2D eigenvalue weighted by Gasteiger charge is -2.31. The number of sulfonamides is 1. The summed E-state index contributed by atoms with van der Waals surface area (Å²) < 4.78 is 27.2. The molecule has 2 fully saturated rings. The summed E-state index contributed by atoms with van der Waals surface area (Å²) >= 11 is 5.89. The Balaban J connectivity index is 1.36. The van der Waals surface area contributed by atoms with Gasteiger partial charge in [0.2, 0.25) is 15.9 Å². The molecule has 0 spiro atoms. The number of nitrogens with one attached hydrogen (secondary N) is 1. The predicted molar refractivity (Wildman–Crippen MR) is 125 cm³/mol. The number of hydrogen-bond donors (Lipinski definition) is 1. The SMILES string of the molecule is O=C(Nc1ccc(N2CCCC2)cc1)C1CCCN(S(=O)(=O)Cc2ccc(Cl)cc2)C1. The molecule has 6 nitrogen and oxygen atoms in total. The summed E-state index contributed by atoms with van der Waals surface area (Å²) in [6.07, 6.45) is 3.80. The average molecular weight is 462 g/mol. The number of anilines is 2. The van der Waals surface area contributed by atoms with E-state index in [1.165, 1.54) is 22.8 Å². The molecular formula is C23H28ClN3O3S. The van der Waals surface area contributed by atoms with Crippen molar-refractivity contribution in [3.05, 3.63) is 59.1 Å². The maximum atomic E-state index is 12.9. The van der Waals surface area contributed by atoms with Crippen molar-refractivity contribution in [3.63, 3.8) is 0 Å². The number of carbonyl (C=O) groups is 1. The summed E-state index contributed by atoms with van der Waals surface area (Å²) in [7, 11) is -3.50. The van der Waals surface area contributed by atoms with Gasteiger partial charge in [-0.15, -0.1) is 0 Å². The second-order valence-corrected chi connectivity index (χ2v) is 10.7. The number of nitrogens with zero attached hydrogens (tertiary/aromatic N) is 2. The molecule has 0 bridgehead atoms. The van der Waals surface area contributed by atoms with Crippen LogP contribution >= 0.6 is 11.6 Å². The monoisotopic (exact) mass is 461 g/mol. The van der Waals surface area contributed by atoms with Crippen molar-refractivity contribution < 1.29 is 13.2 Å². The Kier molecular flexibility index (Phi) is 6.84. The summed E-state index contributed by atoms with van der Waals surface area (Å²) in [4.78, 5) is 15.2. The van der Waals surface area contributed by atoms with Crippen LogP contribution in [0.15, 0.2) is 48.5 Å². The topological polar surface area (TPSA) is 69.7 Å². The maximum absolute atomic E-state index is 12.9. The highest BCUT2D eigenvalue weighted by Crippen LogP contribution is 2.25. The highest BCUT2D eigenvalue weighted by atomic mass is 35.5. The van der Waals surface area contributed by atoms with Crippen LogP contribution in [-0.4, -0.2) is 44.8 Å². The van der Waals surface area contributed by atoms with Gasteiger partial charge < -0.3 is 10.2 Å². The summed E-state index contributed by atoms with van der Waals surface area (Å²) in [6, 6.07) is 14.7. The van der Waals surface area contributed by atoms with Gasteiger partial charge in [0, 0.05) is 42.6 Å². The van der Waals surface area contributed by atoms with E-state index in [1.807, 2.05) is 24.3 Å². The van der Waals surface area contributed by atoms with Crippen LogP contribution in [0.3, 0.4) is 0 Å². The Morgan fingerprint density at radius 1 is 0.968 bits per heavy atom. The van der Waals surface area contributed by atoms with Crippen molar-refractivity contribution in [3.8, 4) is 0 Å². The molecule has 0 saturated carbocycles. The standard InChI is InChI=1S/C23H28ClN3O3S/c24-20-7-5-18(6-8-20)17-31(29,30)27-15-3-4-19(16-27)23(28)25-21-9-11-22(12-10-21)26-13-1-2-14-26/h5-12,19H,1-4,13-17H2,(H,25,28). The zero-order chi connectivity index (χ0) is 21.8. The minimum absolute atomic E-state index is 0.0868. The summed E-state index contributed by atoms with van der Waals surface area (Å²) in [5.41, 5.74) is 2.61. The van der Waals surface area contributed by atoms with Gasteiger partial charge in [0.05, 0.1) is 11.7 Å². The molecule has 2 aromatic carbocycles. The first-order valence-electron chi connectivity index (χ1n) is 10.8. The highest BCUT2D eigenvalue weighted by Gasteiger charge is 2.32. The Morgan fingerprint density at radius 2 is 1.65 bits per heavy atom. The first-order valence-corrected chi connectivity index (χ1v) is 12.8. The first-order chi connectivity index (χ1) is 14.9. The first kappa shape index (κ1) is 22.1. The van der Waals surface area contributed by atoms with Gasteiger partial charge in [0.1, 0.15) is 0 Å². The molecule has 0 radical (unpaired) electrons. The fourth-order valence-electron chi connectivity index (χ4n) is 4.27. The van der Waals surface area contributed by atoms with E-state index in [0.717, 1.165) is 18.8 Å². The molecule has 8 heteroatoms. The second-order valence-electron chi connectivity index (χ2n) is 8.31. The Labute approximate surface area is 189 Å². The maximum Gasteiger partial charge on any atom is 0.228 e. The van der Waals surface area contributed by atoms with Crippen molar-refractivity contribution in [2.24, 2.45) is 5.92 Å². The number of carbonyl (C=O) groups excluding carboxylic acids is 1. The number of hydrogen-bond acceptors (Lipinski definition) is 4. The van der Waals surface area contributed by atoms with Crippen LogP contribution in [0.5, 0.6) is 0 Å². The summed E-state index contributed by atoms with van der Waals surface area (Å²) in [6.45, 7) is 2.82. The van der Waals surface area contributed by atoms with Crippen LogP contribution in [0.4, 0.5) is 11.4 Å². The molecule has 1 atom stereocenters. The van der Waals surface area contributed by atoms with E-state index in [9.17, 15) is 13.2 Å². The molecule has 1 unspecified atom stereocenters. The fraction of sp³-hybridized carbons (Fsp3) is 0.435. The van der Waals surface area contributed by atoms with E-state index in [4.69, 9.17) is 11.6 Å². The minimum atomic E-state index is -3.50. The molecule has 2 aliphatic rings. The van der Waals surface area contributed by atoms with E-state index < -0.39 is 10.0 Å². The molecule has 166 valence electrons. The minimum Gasteiger partial charge on any atom is -0.372 e. The number of benzene rings is 2. The largest absolute Gasteiger partial charge is 0.372 e. The molecular weight excluding hydrogens is 434 g/mol. The molecule has 0 aromatic heterocycles. The number of amides is 1. The van der Waals surface area contributed by atoms with Gasteiger partial charge in [-0.05, 0) is 67.6 Å². The molecule has 2 saturated heterocycles. The van der Waals surface area contributed by atoms with Crippen molar-refractivity contribution in [2.45, 2.75) is 31.4 Å². The van der Waals surface area contributed by atoms with Crippen LogP contribution in [0.1, 0.15) is 31.2 Å². The third kappa shape index (κ3) is 5.59. The zero-order valence-electron chi connectivity index (χ0n) is 17.5. The van der Waals surface area contributed by atoms with Crippen LogP contribution in [0.2, 0.25) is 5.02 Å². The smallest absolute Gasteiger partial charge is 0.228 e. The summed E-state index contributed by atoms with van der Waals surface area (Å²) in [5.74, 6) is -0.566. The average Bonchev–Trinajstić information content (AvgIpc) is 3.31. The van der Waals surface area contributed by atoms with Crippen molar-refractivity contribution in [1.29, 1.82) is 0 Å². The quantitative estimate of drug-likeness (QED) is 0.702. The Morgan fingerprint density at radius 3 is 2.32 bits per heavy atom. The predicted octanol–water partition coefficient (Wildman–Crippen LogP) is 4.12. The van der Waals surface area contributed by atoms with Gasteiger partial charge in [-0.25, -0.2) is 12.7 Å². The lowest BCUT2D eigenvalue weighted by atomic mass is 9.98. The fourth-order valence-corrected chi connectivity index (χ4v) is 6.00. The van der Waals surface area contributed by atoms with Crippen molar-refractivity contribution in [2.75, 3.05) is 36.4 Å². The van der Waals surface area contributed by atoms with Crippen molar-refractivity contribution in [1.82, 2.24) is 4.31 Å². The molecule has 2 aromatic rings. The van der Waals surface area contributed by atoms with Gasteiger partial charge in [0.25, 0.3) is 0 Å². The van der Waals surface area contributed by atoms with E-state index in [0.29, 0.717) is 30.0 Å². The van der Waals surface area contributed by atoms with Gasteiger partial charge in [0.15, 0.2) is 0 Å². The lowest BCUT2D eigenvalue weighted by Crippen LogP contribution is -2.44. The van der Waals surface area contributed by atoms with E-state index >= 15 is 0 Å². The molecule has 1 amide bonds. The normalized spacial score (nSPS) is 20.0. The van der Waals surface area contributed by atoms with Crippen LogP contribution < -0.4 is 10.2 Å². The molecule has 4 rings (SSSR count). The van der Waals surface area contributed by atoms with E-state index in [2.05, 4.69) is 10.2 Å². The molecule has 31 heavy (non-hydrogen) atoms. The number of piperidine rings is 1. The van der Waals surface area contributed by atoms with Gasteiger partial charge in [-0.2, -0.15) is 0 Å². The Bertz CT molecular complexity index is 1000. The van der Waals surface area contributed by atoms with Gasteiger partial charge >= 0.3 is 0 Å². The Hall–Kier alpha value is -2.09. The highest BCUT2D eigenvalue weighted by molar-refractivity contribution is 7.88. The van der Waals surface area contributed by atoms with Crippen molar-refractivity contribution >= 4 is 38.9 Å². The molecule has 2 heterocycles. The summed E-state index contributed by atoms with van der Waals surface area (Å²) in [5, 5.41) is 3.54. The molecule has 0 aliphatic carbocycles. The third-order valence-electron chi connectivity index (χ3n) is 6.02. The van der Waals surface area contributed by atoms with Gasteiger partial charge in [-0.3, -0.25) is 4.79 Å². The lowest BCUT2D eigenvalue weighted by molar-refractivity contribution is -0.120. The van der Waals surface area contributed by atoms with E-state index in [-0.39, 0.29) is 24.1 Å². The van der Waals surface area contributed by atoms with Crippen LogP contribution in [0.25, 0.3) is 0 Å².